The molecule has 0 saturated heterocycles. The fourth-order valence-corrected chi connectivity index (χ4v) is 5.03. The van der Waals surface area contributed by atoms with Crippen molar-refractivity contribution in [3.63, 3.8) is 0 Å². The molecule has 0 bridgehead atoms. The van der Waals surface area contributed by atoms with E-state index in [1.807, 2.05) is 36.4 Å². The van der Waals surface area contributed by atoms with Gasteiger partial charge in [-0.3, -0.25) is 0 Å². The first kappa shape index (κ1) is 33.0. The summed E-state index contributed by atoms with van der Waals surface area (Å²) < 4.78 is 58.5. The van der Waals surface area contributed by atoms with Gasteiger partial charge in [0.2, 0.25) is 11.8 Å². The number of hydrogen-bond acceptors (Lipinski definition) is 12. The van der Waals surface area contributed by atoms with Crippen LogP contribution < -0.4 is 10.9 Å². The minimum absolute atomic E-state index is 0. The molecule has 14 nitrogen and oxygen atoms in total. The molecule has 17 heteroatoms. The quantitative estimate of drug-likeness (QED) is 0.132. The van der Waals surface area contributed by atoms with Crippen LogP contribution in [0.15, 0.2) is 140 Å². The fraction of sp³-hybridized carbons (Fsp3) is 0. The van der Waals surface area contributed by atoms with Crippen LogP contribution in [0.4, 0.5) is 12.0 Å². The number of nitrogens with zero attached hydrogens (tertiary/aromatic N) is 6. The smallest absolute Gasteiger partial charge is 0.450 e. The fourth-order valence-electron chi connectivity index (χ4n) is 3.42. The third-order valence-electron chi connectivity index (χ3n) is 5.50. The van der Waals surface area contributed by atoms with Crippen LogP contribution in [-0.4, -0.2) is 37.2 Å². The first-order valence-corrected chi connectivity index (χ1v) is 15.5. The van der Waals surface area contributed by atoms with Gasteiger partial charge in [0, 0.05) is 20.9 Å². The largest absolute Gasteiger partial charge is 2.00 e. The van der Waals surface area contributed by atoms with Gasteiger partial charge in [-0.2, -0.15) is 0 Å². The van der Waals surface area contributed by atoms with Crippen molar-refractivity contribution < 1.29 is 42.7 Å². The monoisotopic (exact) mass is 693 g/mol. The van der Waals surface area contributed by atoms with Crippen LogP contribution in [0.5, 0.6) is 0 Å². The second-order valence-corrected chi connectivity index (χ2v) is 11.7. The van der Waals surface area contributed by atoms with E-state index in [9.17, 15) is 16.8 Å². The van der Waals surface area contributed by atoms with Crippen molar-refractivity contribution in [3.8, 4) is 22.9 Å². The van der Waals surface area contributed by atoms with Gasteiger partial charge >= 0.3 is 17.1 Å². The van der Waals surface area contributed by atoms with E-state index in [0.717, 1.165) is 11.1 Å². The molecule has 2 heterocycles. The van der Waals surface area contributed by atoms with E-state index in [1.165, 1.54) is 24.3 Å². The second kappa shape index (κ2) is 15.2. The molecule has 0 fully saturated rings. The maximum atomic E-state index is 12.0. The zero-order valence-corrected chi connectivity index (χ0v) is 25.4. The molecule has 0 unspecified atom stereocenters. The number of benzene rings is 4. The summed E-state index contributed by atoms with van der Waals surface area (Å²) in [7, 11) is -7.66. The average molecular weight is 694 g/mol. The number of rotatable bonds is 10. The number of anilines is 2. The van der Waals surface area contributed by atoms with Crippen molar-refractivity contribution in [2.75, 3.05) is 10.9 Å². The van der Waals surface area contributed by atoms with Gasteiger partial charge in [-0.05, 0) is 48.5 Å². The molecular weight excluding hydrogens is 672 g/mol. The van der Waals surface area contributed by atoms with Crippen molar-refractivity contribution in [3.05, 3.63) is 131 Å². The molecule has 1 radical (unpaired) electrons. The van der Waals surface area contributed by atoms with E-state index in [0.29, 0.717) is 0 Å². The predicted octanol–water partition coefficient (Wildman–Crippen LogP) is 5.65. The Hall–Kier alpha value is -4.90. The van der Waals surface area contributed by atoms with Crippen LogP contribution in [0, 0.1) is 0 Å². The van der Waals surface area contributed by atoms with E-state index >= 15 is 0 Å². The first-order valence-electron chi connectivity index (χ1n) is 12.6. The zero-order chi connectivity index (χ0) is 30.8. The van der Waals surface area contributed by atoms with Gasteiger partial charge in [0.05, 0.1) is 0 Å². The molecule has 0 aliphatic heterocycles. The number of sulfonamides is 2. The summed E-state index contributed by atoms with van der Waals surface area (Å²) in [5.74, 6) is 0.547. The van der Waals surface area contributed by atoms with Crippen LogP contribution in [0.1, 0.15) is 0 Å². The van der Waals surface area contributed by atoms with Gasteiger partial charge in [0.1, 0.15) is 20.0 Å². The third-order valence-corrected chi connectivity index (χ3v) is 7.90. The van der Waals surface area contributed by atoms with Gasteiger partial charge in [-0.15, -0.1) is 10.2 Å². The topological polar surface area (TPSA) is 198 Å². The van der Waals surface area contributed by atoms with Crippen molar-refractivity contribution in [2.45, 2.75) is 9.79 Å². The molecule has 2 aromatic heterocycles. The SMILES string of the molecule is O=S(=O)([N-]Nc1nnc(-c2ccccc2)o1)c1ccccc1.O=S(=O)([N-]Nc1nnc(-c2ccccc2)o1)c1ccccc1.[Cu+2]. The van der Waals surface area contributed by atoms with E-state index in [4.69, 9.17) is 8.83 Å². The molecule has 4 aromatic carbocycles. The van der Waals surface area contributed by atoms with Gasteiger partial charge in [0.25, 0.3) is 12.0 Å². The van der Waals surface area contributed by atoms with Crippen LogP contribution in [0.3, 0.4) is 0 Å². The Morgan fingerprint density at radius 1 is 0.467 bits per heavy atom. The second-order valence-electron chi connectivity index (χ2n) is 8.54. The first-order chi connectivity index (χ1) is 21.3. The Bertz CT molecular complexity index is 1850. The Kier molecular flexibility index (Phi) is 11.1. The Morgan fingerprint density at radius 2 is 0.778 bits per heavy atom. The van der Waals surface area contributed by atoms with E-state index in [2.05, 4.69) is 40.9 Å². The van der Waals surface area contributed by atoms with Gasteiger partial charge in [0.15, 0.2) is 0 Å². The molecule has 0 aliphatic rings. The summed E-state index contributed by atoms with van der Waals surface area (Å²) in [5.41, 5.74) is 6.00. The molecule has 6 rings (SSSR count). The van der Waals surface area contributed by atoms with Crippen molar-refractivity contribution in [2.24, 2.45) is 0 Å². The molecule has 6 aromatic rings. The molecule has 0 saturated carbocycles. The number of nitrogens with one attached hydrogen (secondary N) is 2. The summed E-state index contributed by atoms with van der Waals surface area (Å²) in [6, 6.07) is 33.7. The van der Waals surface area contributed by atoms with Crippen molar-refractivity contribution in [1.82, 2.24) is 20.4 Å². The van der Waals surface area contributed by atoms with Crippen LogP contribution in [-0.2, 0) is 37.1 Å². The van der Waals surface area contributed by atoms with E-state index < -0.39 is 20.0 Å². The van der Waals surface area contributed by atoms with Crippen molar-refractivity contribution in [1.29, 1.82) is 0 Å². The average Bonchev–Trinajstić information content (AvgIpc) is 3.76. The van der Waals surface area contributed by atoms with Crippen LogP contribution in [0.25, 0.3) is 32.6 Å². The Balaban J connectivity index is 0.000000200. The van der Waals surface area contributed by atoms with Crippen LogP contribution in [0.2, 0.25) is 0 Å². The molecule has 0 aliphatic carbocycles. The minimum Gasteiger partial charge on any atom is -0.450 e. The summed E-state index contributed by atoms with van der Waals surface area (Å²) in [6.07, 6.45) is 0. The summed E-state index contributed by atoms with van der Waals surface area (Å²) >= 11 is 0. The molecule has 2 N–H and O–H groups in total. The molecule has 45 heavy (non-hydrogen) atoms. The molecule has 0 spiro atoms. The Labute approximate surface area is 268 Å². The summed E-state index contributed by atoms with van der Waals surface area (Å²) in [4.78, 5) is 7.01. The molecule has 0 amide bonds. The Morgan fingerprint density at radius 3 is 1.11 bits per heavy atom. The molecule has 0 atom stereocenters. The third kappa shape index (κ3) is 9.05. The van der Waals surface area contributed by atoms with E-state index in [1.54, 1.807) is 60.7 Å². The van der Waals surface area contributed by atoms with Gasteiger partial charge in [-0.1, -0.05) is 83.0 Å². The normalized spacial score (nSPS) is 11.0. The summed E-state index contributed by atoms with van der Waals surface area (Å²) in [5, 5.41) is 15.1. The number of hydrogen-bond donors (Lipinski definition) is 2. The summed E-state index contributed by atoms with van der Waals surface area (Å²) in [6.45, 7) is 0. The predicted molar refractivity (Wildman–Crippen MR) is 161 cm³/mol. The zero-order valence-electron chi connectivity index (χ0n) is 22.8. The van der Waals surface area contributed by atoms with Crippen LogP contribution >= 0.6 is 0 Å². The minimum atomic E-state index is -3.83. The van der Waals surface area contributed by atoms with Crippen molar-refractivity contribution >= 4 is 32.1 Å². The number of aromatic nitrogens is 4. The standard InChI is InChI=1S/2C14H11N4O3S.Cu/c2*19-22(20,12-9-5-2-6-10-12)18-17-14-16-15-13(21-14)11-7-3-1-4-8-11;/h2*1-10H,(H,16,17);/q2*-1;+2. The van der Waals surface area contributed by atoms with Gasteiger partial charge in [-0.25, -0.2) is 16.8 Å². The maximum absolute atomic E-state index is 12.0. The molecular formula is C28H22CuN8O6S2. The van der Waals surface area contributed by atoms with Gasteiger partial charge < -0.3 is 29.3 Å². The van der Waals surface area contributed by atoms with E-state index in [-0.39, 0.29) is 50.7 Å². The molecule has 233 valence electrons. The maximum Gasteiger partial charge on any atom is 2.00 e.